The first-order valence-electron chi connectivity index (χ1n) is 6.16. The third-order valence-corrected chi connectivity index (χ3v) is 3.51. The summed E-state index contributed by atoms with van der Waals surface area (Å²) in [5.41, 5.74) is 0. The smallest absolute Gasteiger partial charge is 0.317 e. The van der Waals surface area contributed by atoms with Gasteiger partial charge in [-0.15, -0.1) is 0 Å². The minimum absolute atomic E-state index is 0.0264. The van der Waals surface area contributed by atoms with Gasteiger partial charge in [-0.25, -0.2) is 4.79 Å². The van der Waals surface area contributed by atoms with Crippen LogP contribution < -0.4 is 10.6 Å². The Morgan fingerprint density at radius 3 is 2.53 bits per heavy atom. The summed E-state index contributed by atoms with van der Waals surface area (Å²) in [5, 5.41) is 15.0. The van der Waals surface area contributed by atoms with Crippen molar-refractivity contribution < 1.29 is 14.7 Å². The van der Waals surface area contributed by atoms with Crippen LogP contribution in [0.15, 0.2) is 0 Å². The lowest BCUT2D eigenvalue weighted by molar-refractivity contribution is -0.141. The third-order valence-electron chi connectivity index (χ3n) is 3.51. The molecule has 0 aromatic heterocycles. The molecular weight excluding hydrogens is 222 g/mol. The van der Waals surface area contributed by atoms with Crippen LogP contribution in [-0.2, 0) is 4.79 Å². The van der Waals surface area contributed by atoms with Gasteiger partial charge in [-0.05, 0) is 19.3 Å². The minimum Gasteiger partial charge on any atom is -0.481 e. The van der Waals surface area contributed by atoms with Crippen molar-refractivity contribution in [2.75, 3.05) is 26.2 Å². The van der Waals surface area contributed by atoms with Crippen LogP contribution in [0.5, 0.6) is 0 Å². The number of nitrogens with one attached hydrogen (secondary N) is 2. The minimum atomic E-state index is -0.746. The van der Waals surface area contributed by atoms with Gasteiger partial charge >= 0.3 is 12.0 Å². The van der Waals surface area contributed by atoms with Crippen LogP contribution in [0, 0.1) is 5.92 Å². The molecule has 0 bridgehead atoms. The predicted molar refractivity (Wildman–Crippen MR) is 61.7 cm³/mol. The summed E-state index contributed by atoms with van der Waals surface area (Å²) in [6.45, 7) is 3.10. The lowest BCUT2D eigenvalue weighted by Crippen LogP contribution is -2.51. The van der Waals surface area contributed by atoms with E-state index in [4.69, 9.17) is 5.11 Å². The average Bonchev–Trinajstić information content (AvgIpc) is 2.79. The van der Waals surface area contributed by atoms with Gasteiger partial charge < -0.3 is 20.6 Å². The van der Waals surface area contributed by atoms with Crippen LogP contribution in [0.3, 0.4) is 0 Å². The van der Waals surface area contributed by atoms with Crippen LogP contribution in [0.25, 0.3) is 0 Å². The number of nitrogens with zero attached hydrogens (tertiary/aromatic N) is 1. The fourth-order valence-electron chi connectivity index (χ4n) is 2.47. The first kappa shape index (κ1) is 12.2. The maximum Gasteiger partial charge on any atom is 0.317 e. The van der Waals surface area contributed by atoms with Crippen molar-refractivity contribution in [2.45, 2.75) is 25.3 Å². The SMILES string of the molecule is O=C(O)C1CCC(NC(=O)N2CCNCC2)C1. The monoisotopic (exact) mass is 241 g/mol. The molecule has 2 amide bonds. The zero-order valence-electron chi connectivity index (χ0n) is 9.82. The van der Waals surface area contributed by atoms with Crippen molar-refractivity contribution in [2.24, 2.45) is 5.92 Å². The summed E-state index contributed by atoms with van der Waals surface area (Å²) in [6, 6.07) is -0.0268. The van der Waals surface area contributed by atoms with E-state index in [0.29, 0.717) is 12.8 Å². The fraction of sp³-hybridized carbons (Fsp3) is 0.818. The van der Waals surface area contributed by atoms with Crippen molar-refractivity contribution in [3.05, 3.63) is 0 Å². The van der Waals surface area contributed by atoms with E-state index in [1.165, 1.54) is 0 Å². The Hall–Kier alpha value is -1.30. The summed E-state index contributed by atoms with van der Waals surface area (Å²) < 4.78 is 0. The lowest BCUT2D eigenvalue weighted by Gasteiger charge is -2.28. The number of carboxylic acid groups (broad SMARTS) is 1. The van der Waals surface area contributed by atoms with E-state index < -0.39 is 5.97 Å². The molecule has 96 valence electrons. The Labute approximate surface area is 100 Å². The maximum absolute atomic E-state index is 11.9. The molecule has 0 aromatic carbocycles. The molecule has 1 heterocycles. The molecule has 1 saturated carbocycles. The number of urea groups is 1. The molecule has 2 atom stereocenters. The molecule has 2 unspecified atom stereocenters. The number of hydrogen-bond acceptors (Lipinski definition) is 3. The van der Waals surface area contributed by atoms with Gasteiger partial charge in [0.05, 0.1) is 5.92 Å². The number of amides is 2. The molecule has 1 saturated heterocycles. The number of rotatable bonds is 2. The zero-order valence-corrected chi connectivity index (χ0v) is 9.82. The molecule has 17 heavy (non-hydrogen) atoms. The molecule has 1 aliphatic carbocycles. The number of carbonyl (C=O) groups excluding carboxylic acids is 1. The van der Waals surface area contributed by atoms with Crippen LogP contribution in [-0.4, -0.2) is 54.2 Å². The Kier molecular flexibility index (Phi) is 3.83. The van der Waals surface area contributed by atoms with Gasteiger partial charge in [-0.2, -0.15) is 0 Å². The Morgan fingerprint density at radius 1 is 1.24 bits per heavy atom. The maximum atomic E-state index is 11.9. The predicted octanol–water partition coefficient (Wildman–Crippen LogP) is -0.145. The van der Waals surface area contributed by atoms with Gasteiger partial charge in [0.25, 0.3) is 0 Å². The fourth-order valence-corrected chi connectivity index (χ4v) is 2.47. The van der Waals surface area contributed by atoms with Crippen molar-refractivity contribution in [1.29, 1.82) is 0 Å². The molecule has 6 heteroatoms. The van der Waals surface area contributed by atoms with Crippen LogP contribution in [0.2, 0.25) is 0 Å². The number of piperazine rings is 1. The molecule has 6 nitrogen and oxygen atoms in total. The topological polar surface area (TPSA) is 81.7 Å². The number of carboxylic acids is 1. The molecular formula is C11H19N3O3. The number of hydrogen-bond donors (Lipinski definition) is 3. The van der Waals surface area contributed by atoms with Gasteiger partial charge in [0.1, 0.15) is 0 Å². The van der Waals surface area contributed by atoms with E-state index in [2.05, 4.69) is 10.6 Å². The molecule has 2 aliphatic rings. The van der Waals surface area contributed by atoms with Crippen molar-refractivity contribution in [1.82, 2.24) is 15.5 Å². The van der Waals surface area contributed by atoms with Gasteiger partial charge in [-0.3, -0.25) is 4.79 Å². The summed E-state index contributed by atoms with van der Waals surface area (Å²) in [6.07, 6.45) is 2.00. The Balaban J connectivity index is 1.77. The van der Waals surface area contributed by atoms with Crippen LogP contribution in [0.4, 0.5) is 4.79 Å². The van der Waals surface area contributed by atoms with Gasteiger partial charge in [-0.1, -0.05) is 0 Å². The summed E-state index contributed by atoms with van der Waals surface area (Å²) in [5.74, 6) is -1.03. The summed E-state index contributed by atoms with van der Waals surface area (Å²) in [7, 11) is 0. The van der Waals surface area contributed by atoms with E-state index in [1.54, 1.807) is 4.90 Å². The van der Waals surface area contributed by atoms with Gasteiger partial charge in [0.15, 0.2) is 0 Å². The first-order valence-corrected chi connectivity index (χ1v) is 6.16. The lowest BCUT2D eigenvalue weighted by atomic mass is 10.1. The first-order chi connectivity index (χ1) is 8.16. The van der Waals surface area contributed by atoms with E-state index >= 15 is 0 Å². The molecule has 1 aliphatic heterocycles. The average molecular weight is 241 g/mol. The summed E-state index contributed by atoms with van der Waals surface area (Å²) in [4.78, 5) is 24.5. The quantitative estimate of drug-likeness (QED) is 0.628. The van der Waals surface area contributed by atoms with E-state index in [1.807, 2.05) is 0 Å². The number of aliphatic carboxylic acids is 1. The highest BCUT2D eigenvalue weighted by molar-refractivity contribution is 5.75. The van der Waals surface area contributed by atoms with Crippen LogP contribution in [0.1, 0.15) is 19.3 Å². The highest BCUT2D eigenvalue weighted by Gasteiger charge is 2.31. The van der Waals surface area contributed by atoms with Crippen molar-refractivity contribution in [3.63, 3.8) is 0 Å². The number of carbonyl (C=O) groups is 2. The second-order valence-electron chi connectivity index (χ2n) is 4.73. The second kappa shape index (κ2) is 5.35. The standard InChI is InChI=1S/C11H19N3O3/c15-10(16)8-1-2-9(7-8)13-11(17)14-5-3-12-4-6-14/h8-9,12H,1-7H2,(H,13,17)(H,15,16). The molecule has 0 spiro atoms. The Morgan fingerprint density at radius 2 is 1.94 bits per heavy atom. The molecule has 2 fully saturated rings. The zero-order chi connectivity index (χ0) is 12.3. The third kappa shape index (κ3) is 3.09. The Bertz CT molecular complexity index is 302. The summed E-state index contributed by atoms with van der Waals surface area (Å²) >= 11 is 0. The largest absolute Gasteiger partial charge is 0.481 e. The normalized spacial score (nSPS) is 29.1. The molecule has 0 radical (unpaired) electrons. The second-order valence-corrected chi connectivity index (χ2v) is 4.73. The molecule has 0 aromatic rings. The van der Waals surface area contributed by atoms with E-state index in [-0.39, 0.29) is 18.0 Å². The highest BCUT2D eigenvalue weighted by Crippen LogP contribution is 2.25. The van der Waals surface area contributed by atoms with E-state index in [9.17, 15) is 9.59 Å². The van der Waals surface area contributed by atoms with Crippen LogP contribution >= 0.6 is 0 Å². The van der Waals surface area contributed by atoms with Gasteiger partial charge in [0.2, 0.25) is 0 Å². The van der Waals surface area contributed by atoms with Gasteiger partial charge in [0, 0.05) is 32.2 Å². The van der Waals surface area contributed by atoms with Crippen molar-refractivity contribution in [3.8, 4) is 0 Å². The highest BCUT2D eigenvalue weighted by atomic mass is 16.4. The molecule has 3 N–H and O–H groups in total. The molecule has 2 rings (SSSR count). The van der Waals surface area contributed by atoms with E-state index in [0.717, 1.165) is 32.6 Å². The van der Waals surface area contributed by atoms with Crippen molar-refractivity contribution >= 4 is 12.0 Å².